The number of alkyl halides is 1. The first kappa shape index (κ1) is 27.0. The highest BCUT2D eigenvalue weighted by molar-refractivity contribution is 9.09. The minimum Gasteiger partial charge on any atom is -0.493 e. The van der Waals surface area contributed by atoms with Gasteiger partial charge in [-0.05, 0) is 73.2 Å². The molecule has 4 aromatic carbocycles. The molecule has 3 atom stereocenters. The Hall–Kier alpha value is -2.59. The smallest absolute Gasteiger partial charge is 0.119 e. The summed E-state index contributed by atoms with van der Waals surface area (Å²) in [6.45, 7) is 7.03. The van der Waals surface area contributed by atoms with Crippen molar-refractivity contribution in [3.05, 3.63) is 144 Å². The van der Waals surface area contributed by atoms with Gasteiger partial charge in [-0.3, -0.25) is 4.90 Å². The normalized spacial score (nSPS) is 18.0. The van der Waals surface area contributed by atoms with E-state index in [0.29, 0.717) is 17.5 Å². The fourth-order valence-electron chi connectivity index (χ4n) is 5.87. The lowest BCUT2D eigenvalue weighted by Gasteiger charge is -2.50. The van der Waals surface area contributed by atoms with Gasteiger partial charge in [-0.25, -0.2) is 0 Å². The Morgan fingerprint density at radius 3 is 1.82 bits per heavy atom. The molecule has 1 radical (unpaired) electrons. The molecule has 0 aromatic heterocycles. The van der Waals surface area contributed by atoms with Crippen LogP contribution in [-0.4, -0.2) is 29.4 Å². The van der Waals surface area contributed by atoms with E-state index < -0.39 is 0 Å². The van der Waals surface area contributed by atoms with Gasteiger partial charge in [0.15, 0.2) is 0 Å². The van der Waals surface area contributed by atoms with Crippen LogP contribution >= 0.6 is 27.5 Å². The highest BCUT2D eigenvalue weighted by atomic mass is 79.9. The Morgan fingerprint density at radius 1 is 0.816 bits per heavy atom. The van der Waals surface area contributed by atoms with Gasteiger partial charge in [-0.2, -0.15) is 0 Å². The molecule has 5 rings (SSSR count). The summed E-state index contributed by atoms with van der Waals surface area (Å²) in [7, 11) is 0. The third-order valence-electron chi connectivity index (χ3n) is 7.69. The molecule has 1 aliphatic heterocycles. The number of nitrogens with zero attached hydrogens (tertiary/aromatic N) is 1. The highest BCUT2D eigenvalue weighted by Crippen LogP contribution is 2.45. The van der Waals surface area contributed by atoms with E-state index in [1.807, 2.05) is 24.3 Å². The number of rotatable bonds is 9. The van der Waals surface area contributed by atoms with Gasteiger partial charge in [0, 0.05) is 22.3 Å². The topological polar surface area (TPSA) is 12.5 Å². The number of hydrogen-bond donors (Lipinski definition) is 0. The highest BCUT2D eigenvalue weighted by Gasteiger charge is 2.44. The SMILES string of the molecule is [CH2]C(COc1ccc(Cl)cc1)C(Br)C1CCCN(C(c2ccccc2)(c2ccccc2)c2ccccc2)C1. The van der Waals surface area contributed by atoms with Crippen LogP contribution in [0.2, 0.25) is 5.02 Å². The van der Waals surface area contributed by atoms with E-state index >= 15 is 0 Å². The maximum absolute atomic E-state index is 6.07. The minimum absolute atomic E-state index is 0.107. The van der Waals surface area contributed by atoms with Gasteiger partial charge < -0.3 is 4.74 Å². The average Bonchev–Trinajstić information content (AvgIpc) is 2.98. The van der Waals surface area contributed by atoms with E-state index in [0.717, 1.165) is 31.7 Å². The summed E-state index contributed by atoms with van der Waals surface area (Å²) in [6, 6.07) is 40.5. The van der Waals surface area contributed by atoms with Crippen LogP contribution in [0.3, 0.4) is 0 Å². The summed E-state index contributed by atoms with van der Waals surface area (Å²) in [6.07, 6.45) is 2.29. The first-order valence-electron chi connectivity index (χ1n) is 13.4. The van der Waals surface area contributed by atoms with Gasteiger partial charge >= 0.3 is 0 Å². The summed E-state index contributed by atoms with van der Waals surface area (Å²) in [4.78, 5) is 2.93. The third-order valence-corrected chi connectivity index (χ3v) is 9.43. The van der Waals surface area contributed by atoms with E-state index in [1.165, 1.54) is 16.7 Å². The molecule has 4 aromatic rings. The minimum atomic E-state index is -0.383. The lowest BCUT2D eigenvalue weighted by molar-refractivity contribution is 0.0855. The molecule has 1 saturated heterocycles. The average molecular weight is 588 g/mol. The molecule has 0 saturated carbocycles. The predicted molar refractivity (Wildman–Crippen MR) is 162 cm³/mol. The van der Waals surface area contributed by atoms with Crippen molar-refractivity contribution in [1.29, 1.82) is 0 Å². The summed E-state index contributed by atoms with van der Waals surface area (Å²) in [5, 5.41) is 0.711. The monoisotopic (exact) mass is 586 g/mol. The molecule has 1 heterocycles. The Bertz CT molecular complexity index is 1170. The van der Waals surface area contributed by atoms with Crippen molar-refractivity contribution < 1.29 is 4.74 Å². The van der Waals surface area contributed by atoms with Crippen molar-refractivity contribution >= 4 is 27.5 Å². The predicted octanol–water partition coefficient (Wildman–Crippen LogP) is 8.64. The lowest BCUT2D eigenvalue weighted by Crippen LogP contribution is -2.53. The van der Waals surface area contributed by atoms with Crippen LogP contribution < -0.4 is 4.74 Å². The Balaban J connectivity index is 1.45. The molecule has 0 aliphatic carbocycles. The van der Waals surface area contributed by atoms with Crippen molar-refractivity contribution in [2.24, 2.45) is 11.8 Å². The van der Waals surface area contributed by atoms with E-state index in [2.05, 4.69) is 119 Å². The first-order valence-corrected chi connectivity index (χ1v) is 14.7. The number of benzene rings is 4. The molecule has 0 spiro atoms. The lowest BCUT2D eigenvalue weighted by atomic mass is 9.73. The van der Waals surface area contributed by atoms with Crippen molar-refractivity contribution in [3.63, 3.8) is 0 Å². The van der Waals surface area contributed by atoms with Gasteiger partial charge in [-0.1, -0.05) is 119 Å². The zero-order valence-corrected chi connectivity index (χ0v) is 23.9. The Kier molecular flexibility index (Phi) is 8.89. The fraction of sp³-hybridized carbons (Fsp3) is 0.265. The molecular formula is C34H34BrClNO. The molecule has 3 unspecified atom stereocenters. The molecule has 0 amide bonds. The van der Waals surface area contributed by atoms with Crippen molar-refractivity contribution in [1.82, 2.24) is 4.90 Å². The molecule has 4 heteroatoms. The number of likely N-dealkylation sites (tertiary alicyclic amines) is 1. The summed E-state index contributed by atoms with van der Waals surface area (Å²) >= 11 is 10.1. The van der Waals surface area contributed by atoms with Crippen LogP contribution in [0.1, 0.15) is 29.5 Å². The van der Waals surface area contributed by atoms with Crippen LogP contribution in [0.4, 0.5) is 0 Å². The maximum Gasteiger partial charge on any atom is 0.119 e. The Labute approximate surface area is 240 Å². The standard InChI is InChI=1S/C34H34BrClNO/c1-26(25-38-32-21-19-31(36)20-22-32)33(35)27-12-11-23-37(24-27)34(28-13-5-2-6-14-28,29-15-7-3-8-16-29)30-17-9-4-10-18-30/h2-10,13-22,26-27,33H,1,11-12,23-25H2. The quantitative estimate of drug-likeness (QED) is 0.144. The Morgan fingerprint density at radius 2 is 1.32 bits per heavy atom. The van der Waals surface area contributed by atoms with Crippen LogP contribution in [0.5, 0.6) is 5.75 Å². The van der Waals surface area contributed by atoms with Gasteiger partial charge in [0.2, 0.25) is 0 Å². The second kappa shape index (κ2) is 12.5. The molecular weight excluding hydrogens is 554 g/mol. The fourth-order valence-corrected chi connectivity index (χ4v) is 6.58. The first-order chi connectivity index (χ1) is 18.6. The zero-order valence-electron chi connectivity index (χ0n) is 21.6. The van der Waals surface area contributed by atoms with Crippen molar-refractivity contribution in [3.8, 4) is 5.75 Å². The van der Waals surface area contributed by atoms with Crippen molar-refractivity contribution in [2.45, 2.75) is 23.2 Å². The summed E-state index contributed by atoms with van der Waals surface area (Å²) in [5.41, 5.74) is 3.50. The summed E-state index contributed by atoms with van der Waals surface area (Å²) < 4.78 is 6.07. The van der Waals surface area contributed by atoms with Crippen LogP contribution in [0, 0.1) is 18.8 Å². The molecule has 0 bridgehead atoms. The second-order valence-electron chi connectivity index (χ2n) is 10.1. The van der Waals surface area contributed by atoms with Crippen LogP contribution in [0.15, 0.2) is 115 Å². The van der Waals surface area contributed by atoms with Crippen LogP contribution in [0.25, 0.3) is 0 Å². The molecule has 38 heavy (non-hydrogen) atoms. The molecule has 0 N–H and O–H groups in total. The number of halogens is 2. The number of hydrogen-bond acceptors (Lipinski definition) is 2. The van der Waals surface area contributed by atoms with Gasteiger partial charge in [-0.15, -0.1) is 0 Å². The van der Waals surface area contributed by atoms with Gasteiger partial charge in [0.25, 0.3) is 0 Å². The van der Waals surface area contributed by atoms with Gasteiger partial charge in [0.05, 0.1) is 12.1 Å². The van der Waals surface area contributed by atoms with E-state index in [1.54, 1.807) is 0 Å². The van der Waals surface area contributed by atoms with Crippen molar-refractivity contribution in [2.75, 3.05) is 19.7 Å². The largest absolute Gasteiger partial charge is 0.493 e. The second-order valence-corrected chi connectivity index (χ2v) is 11.6. The molecule has 2 nitrogen and oxygen atoms in total. The van der Waals surface area contributed by atoms with Gasteiger partial charge in [0.1, 0.15) is 5.75 Å². The summed E-state index contributed by atoms with van der Waals surface area (Å²) in [5.74, 6) is 1.37. The third kappa shape index (κ3) is 5.71. The van der Waals surface area contributed by atoms with E-state index in [4.69, 9.17) is 16.3 Å². The molecule has 1 fully saturated rings. The maximum atomic E-state index is 6.07. The zero-order chi connectivity index (χ0) is 26.4. The number of ether oxygens (including phenoxy) is 1. The van der Waals surface area contributed by atoms with E-state index in [9.17, 15) is 0 Å². The molecule has 1 aliphatic rings. The molecule has 195 valence electrons. The number of piperidine rings is 1. The van der Waals surface area contributed by atoms with Crippen LogP contribution in [-0.2, 0) is 5.54 Å². The van der Waals surface area contributed by atoms with E-state index in [-0.39, 0.29) is 16.3 Å².